The second-order valence-electron chi connectivity index (χ2n) is 5.93. The highest BCUT2D eigenvalue weighted by Gasteiger charge is 2.27. The highest BCUT2D eigenvalue weighted by Crippen LogP contribution is 2.27. The molecule has 2 unspecified atom stereocenters. The molecule has 0 bridgehead atoms. The minimum Gasteiger partial charge on any atom is -0.314 e. The van der Waals surface area contributed by atoms with Gasteiger partial charge in [-0.1, -0.05) is 20.3 Å². The fourth-order valence-corrected chi connectivity index (χ4v) is 3.24. The van der Waals surface area contributed by atoms with Crippen LogP contribution in [0.3, 0.4) is 0 Å². The summed E-state index contributed by atoms with van der Waals surface area (Å²) in [6.07, 6.45) is 9.15. The molecule has 1 aliphatic carbocycles. The van der Waals surface area contributed by atoms with Crippen LogP contribution in [-0.2, 0) is 6.54 Å². The third-order valence-electron chi connectivity index (χ3n) is 4.41. The van der Waals surface area contributed by atoms with Gasteiger partial charge in [-0.05, 0) is 56.0 Å². The van der Waals surface area contributed by atoms with E-state index in [0.717, 1.165) is 31.6 Å². The average Bonchev–Trinajstić information content (AvgIpc) is 2.92. The first-order valence-electron chi connectivity index (χ1n) is 8.18. The Balaban J connectivity index is 1.85. The lowest BCUT2D eigenvalue weighted by Crippen LogP contribution is -2.39. The van der Waals surface area contributed by atoms with Gasteiger partial charge in [0.25, 0.3) is 0 Å². The molecule has 2 rings (SSSR count). The van der Waals surface area contributed by atoms with Gasteiger partial charge in [-0.3, -0.25) is 9.88 Å². The molecular weight excluding hydrogens is 246 g/mol. The van der Waals surface area contributed by atoms with E-state index in [1.807, 2.05) is 12.4 Å². The molecule has 0 amide bonds. The number of hydrogen-bond acceptors (Lipinski definition) is 3. The zero-order valence-corrected chi connectivity index (χ0v) is 13.0. The Hall–Kier alpha value is -0.930. The number of nitrogens with zero attached hydrogens (tertiary/aromatic N) is 2. The van der Waals surface area contributed by atoms with Gasteiger partial charge in [0.05, 0.1) is 0 Å². The lowest BCUT2D eigenvalue weighted by molar-refractivity contribution is 0.215. The third-order valence-corrected chi connectivity index (χ3v) is 4.41. The van der Waals surface area contributed by atoms with Crippen molar-refractivity contribution >= 4 is 0 Å². The third kappa shape index (κ3) is 4.57. The van der Waals surface area contributed by atoms with Crippen LogP contribution >= 0.6 is 0 Å². The summed E-state index contributed by atoms with van der Waals surface area (Å²) in [5, 5.41) is 3.74. The highest BCUT2D eigenvalue weighted by molar-refractivity contribution is 5.09. The topological polar surface area (TPSA) is 28.2 Å². The molecule has 3 nitrogen and oxygen atoms in total. The average molecular weight is 275 g/mol. The molecule has 2 atom stereocenters. The molecule has 3 heteroatoms. The fourth-order valence-electron chi connectivity index (χ4n) is 3.24. The highest BCUT2D eigenvalue weighted by atomic mass is 15.1. The Bertz CT molecular complexity index is 366. The van der Waals surface area contributed by atoms with Crippen molar-refractivity contribution in [1.82, 2.24) is 15.2 Å². The van der Waals surface area contributed by atoms with Crippen LogP contribution in [0.25, 0.3) is 0 Å². The first-order valence-corrected chi connectivity index (χ1v) is 8.18. The molecule has 0 aromatic carbocycles. The Morgan fingerprint density at radius 1 is 1.25 bits per heavy atom. The zero-order valence-electron chi connectivity index (χ0n) is 13.0. The molecular formula is C17H29N3. The summed E-state index contributed by atoms with van der Waals surface area (Å²) < 4.78 is 0. The van der Waals surface area contributed by atoms with Gasteiger partial charge in [-0.2, -0.15) is 0 Å². The van der Waals surface area contributed by atoms with E-state index in [4.69, 9.17) is 0 Å². The summed E-state index contributed by atoms with van der Waals surface area (Å²) in [6.45, 7) is 9.08. The molecule has 1 N–H and O–H groups in total. The van der Waals surface area contributed by atoms with E-state index in [1.54, 1.807) is 0 Å². The first kappa shape index (κ1) is 15.5. The Labute approximate surface area is 123 Å². The Kier molecular flexibility index (Phi) is 6.48. The number of aromatic nitrogens is 1. The van der Waals surface area contributed by atoms with Crippen molar-refractivity contribution in [2.45, 2.75) is 52.1 Å². The van der Waals surface area contributed by atoms with Gasteiger partial charge >= 0.3 is 0 Å². The summed E-state index contributed by atoms with van der Waals surface area (Å²) >= 11 is 0. The molecule has 20 heavy (non-hydrogen) atoms. The van der Waals surface area contributed by atoms with E-state index in [9.17, 15) is 0 Å². The van der Waals surface area contributed by atoms with Crippen LogP contribution in [0.1, 0.15) is 45.1 Å². The van der Waals surface area contributed by atoms with Gasteiger partial charge < -0.3 is 5.32 Å². The normalized spacial score (nSPS) is 22.6. The van der Waals surface area contributed by atoms with Crippen LogP contribution in [-0.4, -0.2) is 35.6 Å². The SMILES string of the molecule is CCCNC1CCCC1CN(CC)Cc1ccncc1. The van der Waals surface area contributed by atoms with E-state index in [-0.39, 0.29) is 0 Å². The van der Waals surface area contributed by atoms with Crippen molar-refractivity contribution in [3.63, 3.8) is 0 Å². The fraction of sp³-hybridized carbons (Fsp3) is 0.706. The standard InChI is InChI=1S/C17H29N3/c1-3-10-19-17-7-5-6-16(17)14-20(4-2)13-15-8-11-18-12-9-15/h8-9,11-12,16-17,19H,3-7,10,13-14H2,1-2H3. The van der Waals surface area contributed by atoms with E-state index in [0.29, 0.717) is 0 Å². The number of hydrogen-bond donors (Lipinski definition) is 1. The van der Waals surface area contributed by atoms with Crippen molar-refractivity contribution < 1.29 is 0 Å². The van der Waals surface area contributed by atoms with E-state index in [2.05, 4.69) is 41.2 Å². The first-order chi connectivity index (χ1) is 9.83. The maximum absolute atomic E-state index is 4.10. The van der Waals surface area contributed by atoms with Gasteiger partial charge in [0.2, 0.25) is 0 Å². The number of pyridine rings is 1. The maximum Gasteiger partial charge on any atom is 0.0271 e. The molecule has 1 heterocycles. The van der Waals surface area contributed by atoms with E-state index >= 15 is 0 Å². The molecule has 1 aromatic heterocycles. The van der Waals surface area contributed by atoms with Crippen LogP contribution in [0.5, 0.6) is 0 Å². The van der Waals surface area contributed by atoms with Crippen molar-refractivity contribution in [2.24, 2.45) is 5.92 Å². The van der Waals surface area contributed by atoms with Crippen molar-refractivity contribution in [3.05, 3.63) is 30.1 Å². The van der Waals surface area contributed by atoms with Gasteiger partial charge in [-0.25, -0.2) is 0 Å². The molecule has 1 saturated carbocycles. The van der Waals surface area contributed by atoms with E-state index in [1.165, 1.54) is 37.8 Å². The van der Waals surface area contributed by atoms with Gasteiger partial charge in [0.15, 0.2) is 0 Å². The number of rotatable bonds is 8. The van der Waals surface area contributed by atoms with Crippen molar-refractivity contribution in [3.8, 4) is 0 Å². The van der Waals surface area contributed by atoms with Gasteiger partial charge in [0.1, 0.15) is 0 Å². The summed E-state index contributed by atoms with van der Waals surface area (Å²) in [5.74, 6) is 0.823. The minimum absolute atomic E-state index is 0.737. The largest absolute Gasteiger partial charge is 0.314 e. The molecule has 1 fully saturated rings. The summed E-state index contributed by atoms with van der Waals surface area (Å²) in [7, 11) is 0. The van der Waals surface area contributed by atoms with Crippen LogP contribution in [0, 0.1) is 5.92 Å². The molecule has 0 radical (unpaired) electrons. The Morgan fingerprint density at radius 2 is 2.05 bits per heavy atom. The quantitative estimate of drug-likeness (QED) is 0.790. The molecule has 1 aromatic rings. The molecule has 0 aliphatic heterocycles. The predicted octanol–water partition coefficient (Wildman–Crippen LogP) is 3.07. The smallest absolute Gasteiger partial charge is 0.0271 e. The molecule has 112 valence electrons. The second-order valence-corrected chi connectivity index (χ2v) is 5.93. The zero-order chi connectivity index (χ0) is 14.2. The minimum atomic E-state index is 0.737. The molecule has 0 saturated heterocycles. The lowest BCUT2D eigenvalue weighted by atomic mass is 10.0. The van der Waals surface area contributed by atoms with Crippen LogP contribution < -0.4 is 5.32 Å². The second kappa shape index (κ2) is 8.38. The number of nitrogens with one attached hydrogen (secondary N) is 1. The maximum atomic E-state index is 4.10. The summed E-state index contributed by atoms with van der Waals surface area (Å²) in [6, 6.07) is 5.00. The molecule has 1 aliphatic rings. The van der Waals surface area contributed by atoms with Crippen LogP contribution in [0.4, 0.5) is 0 Å². The van der Waals surface area contributed by atoms with Crippen LogP contribution in [0.15, 0.2) is 24.5 Å². The van der Waals surface area contributed by atoms with Gasteiger partial charge in [0, 0.05) is 31.5 Å². The van der Waals surface area contributed by atoms with Crippen LogP contribution in [0.2, 0.25) is 0 Å². The lowest BCUT2D eigenvalue weighted by Gasteiger charge is -2.28. The van der Waals surface area contributed by atoms with E-state index < -0.39 is 0 Å². The van der Waals surface area contributed by atoms with Gasteiger partial charge in [-0.15, -0.1) is 0 Å². The molecule has 0 spiro atoms. The Morgan fingerprint density at radius 3 is 2.75 bits per heavy atom. The van der Waals surface area contributed by atoms with Crippen molar-refractivity contribution in [1.29, 1.82) is 0 Å². The summed E-state index contributed by atoms with van der Waals surface area (Å²) in [5.41, 5.74) is 1.37. The summed E-state index contributed by atoms with van der Waals surface area (Å²) in [4.78, 5) is 6.67. The predicted molar refractivity (Wildman–Crippen MR) is 84.6 cm³/mol. The van der Waals surface area contributed by atoms with Crippen molar-refractivity contribution in [2.75, 3.05) is 19.6 Å². The monoisotopic (exact) mass is 275 g/mol.